The molecule has 0 bridgehead atoms. The minimum absolute atomic E-state index is 1.07. The normalized spacial score (nSPS) is 10.4. The highest BCUT2D eigenvalue weighted by atomic mass is 32.1. The first kappa shape index (κ1) is 9.47. The molecule has 0 aliphatic rings. The summed E-state index contributed by atoms with van der Waals surface area (Å²) in [5.74, 6) is 0. The molecule has 0 aliphatic carbocycles. The van der Waals surface area contributed by atoms with E-state index in [-0.39, 0.29) is 0 Å². The summed E-state index contributed by atoms with van der Waals surface area (Å²) in [5.41, 5.74) is 5.61. The molecule has 2 aromatic rings. The standard InChI is InChI=1S/C13H14S/c1-10-3-4-11(2)13(7-10)8-12-5-6-14-9-12/h3-7,9H,8H2,1-2H3. The van der Waals surface area contributed by atoms with Crippen LogP contribution in [-0.2, 0) is 6.42 Å². The van der Waals surface area contributed by atoms with Gasteiger partial charge in [-0.05, 0) is 53.8 Å². The van der Waals surface area contributed by atoms with Gasteiger partial charge in [-0.25, -0.2) is 0 Å². The van der Waals surface area contributed by atoms with Crippen molar-refractivity contribution < 1.29 is 0 Å². The lowest BCUT2D eigenvalue weighted by molar-refractivity contribution is 1.16. The van der Waals surface area contributed by atoms with E-state index >= 15 is 0 Å². The van der Waals surface area contributed by atoms with Crippen molar-refractivity contribution >= 4 is 11.3 Å². The molecule has 2 rings (SSSR count). The van der Waals surface area contributed by atoms with Crippen LogP contribution in [-0.4, -0.2) is 0 Å². The van der Waals surface area contributed by atoms with Gasteiger partial charge >= 0.3 is 0 Å². The Morgan fingerprint density at radius 2 is 2.00 bits per heavy atom. The molecular weight excluding hydrogens is 188 g/mol. The highest BCUT2D eigenvalue weighted by molar-refractivity contribution is 7.07. The quantitative estimate of drug-likeness (QED) is 0.691. The van der Waals surface area contributed by atoms with Gasteiger partial charge in [0.15, 0.2) is 0 Å². The van der Waals surface area contributed by atoms with Crippen molar-refractivity contribution in [3.63, 3.8) is 0 Å². The summed E-state index contributed by atoms with van der Waals surface area (Å²) >= 11 is 1.77. The summed E-state index contributed by atoms with van der Waals surface area (Å²) in [5, 5.41) is 4.36. The van der Waals surface area contributed by atoms with Gasteiger partial charge in [0, 0.05) is 0 Å². The monoisotopic (exact) mass is 202 g/mol. The molecule has 1 heterocycles. The van der Waals surface area contributed by atoms with E-state index in [1.165, 1.54) is 22.3 Å². The summed E-state index contributed by atoms with van der Waals surface area (Å²) in [6.45, 7) is 4.33. The average Bonchev–Trinajstić information content (AvgIpc) is 2.64. The van der Waals surface area contributed by atoms with Crippen molar-refractivity contribution in [1.82, 2.24) is 0 Å². The van der Waals surface area contributed by atoms with Crippen molar-refractivity contribution in [2.45, 2.75) is 20.3 Å². The summed E-state index contributed by atoms with van der Waals surface area (Å²) < 4.78 is 0. The molecule has 0 amide bonds. The molecule has 1 aromatic carbocycles. The lowest BCUT2D eigenvalue weighted by Gasteiger charge is -2.05. The molecule has 0 aliphatic heterocycles. The van der Waals surface area contributed by atoms with Gasteiger partial charge in [-0.1, -0.05) is 23.8 Å². The van der Waals surface area contributed by atoms with Gasteiger partial charge in [0.05, 0.1) is 0 Å². The first-order valence-electron chi connectivity index (χ1n) is 4.83. The Bertz CT molecular complexity index is 413. The Kier molecular flexibility index (Phi) is 2.69. The molecule has 14 heavy (non-hydrogen) atoms. The summed E-state index contributed by atoms with van der Waals surface area (Å²) in [4.78, 5) is 0. The Morgan fingerprint density at radius 1 is 1.14 bits per heavy atom. The van der Waals surface area contributed by atoms with Crippen molar-refractivity contribution in [2.75, 3.05) is 0 Å². The maximum absolute atomic E-state index is 2.28. The van der Waals surface area contributed by atoms with Crippen LogP contribution in [0.5, 0.6) is 0 Å². The third kappa shape index (κ3) is 2.05. The van der Waals surface area contributed by atoms with Crippen LogP contribution < -0.4 is 0 Å². The zero-order valence-electron chi connectivity index (χ0n) is 8.58. The molecule has 72 valence electrons. The summed E-state index contributed by atoms with van der Waals surface area (Å²) in [7, 11) is 0. The Balaban J connectivity index is 2.28. The van der Waals surface area contributed by atoms with Gasteiger partial charge in [0.25, 0.3) is 0 Å². The SMILES string of the molecule is Cc1ccc(C)c(Cc2ccsc2)c1. The van der Waals surface area contributed by atoms with Crippen LogP contribution in [0.15, 0.2) is 35.0 Å². The van der Waals surface area contributed by atoms with Crippen molar-refractivity contribution in [2.24, 2.45) is 0 Å². The molecule has 0 radical (unpaired) electrons. The number of thiophene rings is 1. The van der Waals surface area contributed by atoms with Crippen molar-refractivity contribution in [1.29, 1.82) is 0 Å². The van der Waals surface area contributed by atoms with Crippen molar-refractivity contribution in [3.8, 4) is 0 Å². The third-order valence-electron chi connectivity index (χ3n) is 2.48. The van der Waals surface area contributed by atoms with E-state index in [9.17, 15) is 0 Å². The Labute approximate surface area is 89.2 Å². The smallest absolute Gasteiger partial charge is 0.00148 e. The van der Waals surface area contributed by atoms with Gasteiger partial charge in [-0.2, -0.15) is 11.3 Å². The van der Waals surface area contributed by atoms with E-state index in [0.29, 0.717) is 0 Å². The van der Waals surface area contributed by atoms with Crippen molar-refractivity contribution in [3.05, 3.63) is 57.3 Å². The lowest BCUT2D eigenvalue weighted by Crippen LogP contribution is -1.90. The summed E-state index contributed by atoms with van der Waals surface area (Å²) in [6.07, 6.45) is 1.07. The van der Waals surface area contributed by atoms with Crippen LogP contribution in [0.25, 0.3) is 0 Å². The average molecular weight is 202 g/mol. The topological polar surface area (TPSA) is 0 Å². The van der Waals surface area contributed by atoms with E-state index in [2.05, 4.69) is 48.9 Å². The Hall–Kier alpha value is -1.08. The second kappa shape index (κ2) is 3.97. The van der Waals surface area contributed by atoms with Crippen LogP contribution >= 0.6 is 11.3 Å². The largest absolute Gasteiger partial charge is 0.152 e. The molecule has 0 saturated heterocycles. The first-order valence-corrected chi connectivity index (χ1v) is 5.77. The predicted molar refractivity (Wildman–Crippen MR) is 63.0 cm³/mol. The van der Waals surface area contributed by atoms with E-state index < -0.39 is 0 Å². The van der Waals surface area contributed by atoms with Gasteiger partial charge < -0.3 is 0 Å². The fourth-order valence-corrected chi connectivity index (χ4v) is 2.27. The Morgan fingerprint density at radius 3 is 2.71 bits per heavy atom. The van der Waals surface area contributed by atoms with Gasteiger partial charge in [-0.15, -0.1) is 0 Å². The molecule has 0 spiro atoms. The number of hydrogen-bond acceptors (Lipinski definition) is 1. The molecule has 0 nitrogen and oxygen atoms in total. The number of rotatable bonds is 2. The number of hydrogen-bond donors (Lipinski definition) is 0. The minimum Gasteiger partial charge on any atom is -0.152 e. The molecular formula is C13H14S. The van der Waals surface area contributed by atoms with E-state index in [4.69, 9.17) is 0 Å². The van der Waals surface area contributed by atoms with Gasteiger partial charge in [-0.3, -0.25) is 0 Å². The first-order chi connectivity index (χ1) is 6.75. The highest BCUT2D eigenvalue weighted by Crippen LogP contribution is 2.17. The van der Waals surface area contributed by atoms with Crippen LogP contribution in [0.1, 0.15) is 22.3 Å². The molecule has 0 unspecified atom stereocenters. The molecule has 0 atom stereocenters. The van der Waals surface area contributed by atoms with E-state index in [1.807, 2.05) is 0 Å². The minimum atomic E-state index is 1.07. The van der Waals surface area contributed by atoms with Gasteiger partial charge in [0.1, 0.15) is 0 Å². The fourth-order valence-electron chi connectivity index (χ4n) is 1.60. The second-order valence-electron chi connectivity index (χ2n) is 3.74. The fraction of sp³-hybridized carbons (Fsp3) is 0.231. The lowest BCUT2D eigenvalue weighted by atomic mass is 10.0. The van der Waals surface area contributed by atoms with Crippen LogP contribution in [0.2, 0.25) is 0 Å². The van der Waals surface area contributed by atoms with E-state index in [1.54, 1.807) is 11.3 Å². The zero-order valence-corrected chi connectivity index (χ0v) is 9.40. The maximum atomic E-state index is 2.28. The molecule has 1 heteroatoms. The molecule has 1 aromatic heterocycles. The number of benzene rings is 1. The zero-order chi connectivity index (χ0) is 9.97. The highest BCUT2D eigenvalue weighted by Gasteiger charge is 2.00. The third-order valence-corrected chi connectivity index (χ3v) is 3.21. The predicted octanol–water partition coefficient (Wildman–Crippen LogP) is 3.96. The second-order valence-corrected chi connectivity index (χ2v) is 4.52. The molecule has 0 N–H and O–H groups in total. The molecule has 0 saturated carbocycles. The van der Waals surface area contributed by atoms with Gasteiger partial charge in [0.2, 0.25) is 0 Å². The van der Waals surface area contributed by atoms with Crippen LogP contribution in [0.3, 0.4) is 0 Å². The van der Waals surface area contributed by atoms with Crippen LogP contribution in [0, 0.1) is 13.8 Å². The van der Waals surface area contributed by atoms with E-state index in [0.717, 1.165) is 6.42 Å². The maximum Gasteiger partial charge on any atom is -0.00148 e. The van der Waals surface area contributed by atoms with Crippen LogP contribution in [0.4, 0.5) is 0 Å². The summed E-state index contributed by atoms with van der Waals surface area (Å²) in [6, 6.07) is 8.86. The number of aryl methyl sites for hydroxylation is 2. The molecule has 0 fully saturated rings.